The Kier molecular flexibility index (Phi) is 11.5. The maximum atomic E-state index is 12.7. The summed E-state index contributed by atoms with van der Waals surface area (Å²) in [6.07, 6.45) is 9.72. The van der Waals surface area contributed by atoms with Crippen LogP contribution in [-0.4, -0.2) is 34.7 Å². The molecule has 40 heavy (non-hydrogen) atoms. The van der Waals surface area contributed by atoms with E-state index >= 15 is 0 Å². The Labute approximate surface area is 250 Å². The normalized spacial score (nSPS) is 19.9. The summed E-state index contributed by atoms with van der Waals surface area (Å²) in [5.74, 6) is 2.35. The smallest absolute Gasteiger partial charge is 0.261 e. The minimum atomic E-state index is -2.67. The third-order valence-electron chi connectivity index (χ3n) is 8.01. The topological polar surface area (TPSA) is 26.3 Å². The minimum Gasteiger partial charge on any atom is -0.404 e. The molecule has 1 fully saturated rings. The van der Waals surface area contributed by atoms with Crippen LogP contribution in [0.2, 0.25) is 5.04 Å². The second-order valence-corrected chi connectivity index (χ2v) is 19.6. The van der Waals surface area contributed by atoms with Crippen molar-refractivity contribution < 1.29 is 8.63 Å². The third kappa shape index (κ3) is 7.88. The molecule has 1 aliphatic rings. The summed E-state index contributed by atoms with van der Waals surface area (Å²) < 4.78 is 20.6. The van der Waals surface area contributed by atoms with E-state index in [-0.39, 0.29) is 15.7 Å². The maximum absolute atomic E-state index is 12.7. The monoisotopic (exact) mass is 590 g/mol. The summed E-state index contributed by atoms with van der Waals surface area (Å²) in [7, 11) is -3.37. The van der Waals surface area contributed by atoms with Crippen molar-refractivity contribution in [3.63, 3.8) is 0 Å². The van der Waals surface area contributed by atoms with Gasteiger partial charge >= 0.3 is 0 Å². The van der Waals surface area contributed by atoms with E-state index < -0.39 is 19.1 Å². The van der Waals surface area contributed by atoms with Crippen molar-refractivity contribution in [2.45, 2.75) is 75.5 Å². The lowest BCUT2D eigenvalue weighted by molar-refractivity contribution is 0.120. The van der Waals surface area contributed by atoms with Crippen LogP contribution in [0.3, 0.4) is 0 Å². The molecule has 1 saturated heterocycles. The summed E-state index contributed by atoms with van der Waals surface area (Å²) in [6.45, 7) is 9.43. The third-order valence-corrected chi connectivity index (χ3v) is 16.8. The highest BCUT2D eigenvalue weighted by molar-refractivity contribution is 8.11. The van der Waals surface area contributed by atoms with Crippen molar-refractivity contribution >= 4 is 47.3 Å². The van der Waals surface area contributed by atoms with Crippen LogP contribution in [0.15, 0.2) is 97.1 Å². The molecule has 0 saturated carbocycles. The van der Waals surface area contributed by atoms with Gasteiger partial charge in [0.05, 0.1) is 4.58 Å². The van der Waals surface area contributed by atoms with Crippen molar-refractivity contribution in [2.24, 2.45) is 5.92 Å². The summed E-state index contributed by atoms with van der Waals surface area (Å²) in [6, 6.07) is 32.5. The van der Waals surface area contributed by atoms with Crippen LogP contribution in [0.25, 0.3) is 6.08 Å². The zero-order valence-corrected chi connectivity index (χ0v) is 27.3. The molecule has 3 aromatic carbocycles. The molecule has 3 aromatic rings. The van der Waals surface area contributed by atoms with Gasteiger partial charge in [0.2, 0.25) is 0 Å². The van der Waals surface area contributed by atoms with Gasteiger partial charge in [-0.3, -0.25) is 4.21 Å². The highest BCUT2D eigenvalue weighted by atomic mass is 32.2. The van der Waals surface area contributed by atoms with E-state index in [1.807, 2.05) is 11.8 Å². The molecule has 0 aromatic heterocycles. The predicted molar refractivity (Wildman–Crippen MR) is 179 cm³/mol. The fraction of sp³-hybridized carbons (Fsp3) is 0.429. The molecule has 2 unspecified atom stereocenters. The lowest BCUT2D eigenvalue weighted by Crippen LogP contribution is -2.68. The molecule has 0 radical (unpaired) electrons. The summed E-state index contributed by atoms with van der Waals surface area (Å²) in [5.41, 5.74) is 1.23. The van der Waals surface area contributed by atoms with Gasteiger partial charge in [0.15, 0.2) is 0 Å². The van der Waals surface area contributed by atoms with Crippen LogP contribution in [0.4, 0.5) is 0 Å². The zero-order chi connectivity index (χ0) is 28.4. The molecule has 1 aliphatic heterocycles. The van der Waals surface area contributed by atoms with Crippen molar-refractivity contribution in [1.29, 1.82) is 0 Å². The van der Waals surface area contributed by atoms with Gasteiger partial charge in [-0.15, -0.1) is 11.8 Å². The number of benzene rings is 3. The quantitative estimate of drug-likeness (QED) is 0.200. The van der Waals surface area contributed by atoms with Gasteiger partial charge in [0.25, 0.3) is 8.32 Å². The molecule has 4 rings (SSSR count). The van der Waals surface area contributed by atoms with E-state index in [2.05, 4.69) is 131 Å². The van der Waals surface area contributed by atoms with Crippen LogP contribution >= 0.6 is 11.8 Å². The second kappa shape index (κ2) is 14.8. The average molecular weight is 591 g/mol. The molecule has 0 bridgehead atoms. The highest BCUT2D eigenvalue weighted by Gasteiger charge is 2.51. The first kappa shape index (κ1) is 31.0. The van der Waals surface area contributed by atoms with E-state index in [0.717, 1.165) is 43.6 Å². The van der Waals surface area contributed by atoms with E-state index in [0.29, 0.717) is 5.92 Å². The van der Waals surface area contributed by atoms with Gasteiger partial charge in [0, 0.05) is 22.7 Å². The van der Waals surface area contributed by atoms with Crippen LogP contribution in [0.1, 0.15) is 65.4 Å². The molecular formula is C35H46O2S2Si. The van der Waals surface area contributed by atoms with Crippen molar-refractivity contribution in [2.75, 3.05) is 11.5 Å². The molecule has 0 spiro atoms. The molecule has 4 atom stereocenters. The van der Waals surface area contributed by atoms with Gasteiger partial charge in [-0.05, 0) is 64.8 Å². The number of hydrogen-bond donors (Lipinski definition) is 0. The van der Waals surface area contributed by atoms with Crippen molar-refractivity contribution in [3.8, 4) is 0 Å². The van der Waals surface area contributed by atoms with E-state index in [9.17, 15) is 4.21 Å². The van der Waals surface area contributed by atoms with Crippen LogP contribution in [0.5, 0.6) is 0 Å². The molecule has 0 N–H and O–H groups in total. The van der Waals surface area contributed by atoms with Gasteiger partial charge in [0.1, 0.15) is 0 Å². The van der Waals surface area contributed by atoms with Crippen molar-refractivity contribution in [1.82, 2.24) is 0 Å². The molecular weight excluding hydrogens is 545 g/mol. The number of hydrogen-bond acceptors (Lipinski definition) is 3. The van der Waals surface area contributed by atoms with Gasteiger partial charge in [-0.2, -0.15) is 0 Å². The van der Waals surface area contributed by atoms with E-state index in [1.165, 1.54) is 15.9 Å². The number of rotatable bonds is 12. The minimum absolute atomic E-state index is 0.0612. The zero-order valence-electron chi connectivity index (χ0n) is 24.6. The first-order valence-corrected chi connectivity index (χ1v) is 19.1. The Morgan fingerprint density at radius 2 is 1.52 bits per heavy atom. The van der Waals surface area contributed by atoms with Gasteiger partial charge in [-0.25, -0.2) is 0 Å². The Morgan fingerprint density at radius 3 is 2.08 bits per heavy atom. The average Bonchev–Trinajstić information content (AvgIpc) is 2.96. The largest absolute Gasteiger partial charge is 0.404 e. The fourth-order valence-electron chi connectivity index (χ4n) is 5.84. The molecule has 0 aliphatic carbocycles. The van der Waals surface area contributed by atoms with Crippen LogP contribution in [0, 0.1) is 5.92 Å². The van der Waals surface area contributed by atoms with Gasteiger partial charge in [-0.1, -0.05) is 131 Å². The first-order chi connectivity index (χ1) is 19.3. The first-order valence-electron chi connectivity index (χ1n) is 14.8. The second-order valence-electron chi connectivity index (χ2n) is 12.0. The Hall–Kier alpha value is -1.92. The van der Waals surface area contributed by atoms with Crippen LogP contribution in [-0.2, 0) is 15.2 Å². The molecule has 2 nitrogen and oxygen atoms in total. The molecule has 214 valence electrons. The number of thioether (sulfide) groups is 1. The summed E-state index contributed by atoms with van der Waals surface area (Å²) in [5, 5.41) is 2.60. The van der Waals surface area contributed by atoms with E-state index in [4.69, 9.17) is 4.43 Å². The summed E-state index contributed by atoms with van der Waals surface area (Å²) >= 11 is 1.91. The Morgan fingerprint density at radius 1 is 0.950 bits per heavy atom. The standard InChI is InChI=1S/C35H46O2S2Si/c1-29(17-14-20-30-18-8-5-9-19-30)33(25-15-26-34-38-27-16-28-39(34)36)37-40(35(2,3)4,31-21-10-6-11-22-31)32-23-12-7-13-24-32/h5-14,18-24,29,33-34H,15-17,25-28H2,1-4H3/b20-14+/t29-,33-,34?,39?/m1/s1. The molecule has 1 heterocycles. The van der Waals surface area contributed by atoms with Crippen LogP contribution < -0.4 is 10.4 Å². The Balaban J connectivity index is 1.65. The predicted octanol–water partition coefficient (Wildman–Crippen LogP) is 8.05. The Bertz CT molecular complexity index is 1170. The van der Waals surface area contributed by atoms with E-state index in [1.54, 1.807) is 0 Å². The summed E-state index contributed by atoms with van der Waals surface area (Å²) in [4.78, 5) is 0. The maximum Gasteiger partial charge on any atom is 0.261 e. The molecule has 5 heteroatoms. The van der Waals surface area contributed by atoms with Gasteiger partial charge < -0.3 is 4.43 Å². The molecule has 0 amide bonds. The SMILES string of the molecule is C[C@H](C/C=C/c1ccccc1)[C@@H](CCCC1SCCCS1=O)O[Si](c1ccccc1)(c1ccccc1)C(C)(C)C. The lowest BCUT2D eigenvalue weighted by atomic mass is 9.96. The van der Waals surface area contributed by atoms with Crippen molar-refractivity contribution in [3.05, 3.63) is 103 Å². The number of allylic oxidation sites excluding steroid dienone is 1. The lowest BCUT2D eigenvalue weighted by Gasteiger charge is -2.46. The highest BCUT2D eigenvalue weighted by Crippen LogP contribution is 2.39. The fourth-order valence-corrected chi connectivity index (χ4v) is 14.1.